The lowest BCUT2D eigenvalue weighted by atomic mass is 9.67. The molecule has 0 aliphatic heterocycles. The Bertz CT molecular complexity index is 190. The summed E-state index contributed by atoms with van der Waals surface area (Å²) in [5.74, 6) is 2.05. The number of carbonyl (C=O) groups is 1. The first-order valence-electron chi connectivity index (χ1n) is 5.97. The largest absolute Gasteiger partial charge is 0.300 e. The maximum atomic E-state index is 11.2. The van der Waals surface area contributed by atoms with Crippen LogP contribution in [-0.4, -0.2) is 5.78 Å². The molecule has 0 spiro atoms. The van der Waals surface area contributed by atoms with Gasteiger partial charge in [0.1, 0.15) is 5.78 Å². The first-order valence-corrected chi connectivity index (χ1v) is 5.97. The van der Waals surface area contributed by atoms with Crippen molar-refractivity contribution in [2.24, 2.45) is 17.3 Å². The molecule has 1 nitrogen and oxygen atoms in total. The Morgan fingerprint density at radius 2 is 1.79 bits per heavy atom. The summed E-state index contributed by atoms with van der Waals surface area (Å²) >= 11 is 0. The SMILES string of the molecule is CCC(C1CCC(=O)CC1)C(C)(C)C. The predicted octanol–water partition coefficient (Wildman–Crippen LogP) is 3.82. The highest BCUT2D eigenvalue weighted by Crippen LogP contribution is 2.40. The van der Waals surface area contributed by atoms with Gasteiger partial charge in [0, 0.05) is 12.8 Å². The summed E-state index contributed by atoms with van der Waals surface area (Å²) in [6, 6.07) is 0. The number of carbonyl (C=O) groups excluding carboxylic acids is 1. The van der Waals surface area contributed by atoms with Gasteiger partial charge >= 0.3 is 0 Å². The van der Waals surface area contributed by atoms with Gasteiger partial charge in [0.05, 0.1) is 0 Å². The topological polar surface area (TPSA) is 17.1 Å². The van der Waals surface area contributed by atoms with Crippen LogP contribution < -0.4 is 0 Å². The van der Waals surface area contributed by atoms with Gasteiger partial charge in [0.25, 0.3) is 0 Å². The average molecular weight is 196 g/mol. The smallest absolute Gasteiger partial charge is 0.132 e. The zero-order valence-corrected chi connectivity index (χ0v) is 10.1. The molecule has 0 N–H and O–H groups in total. The fourth-order valence-corrected chi connectivity index (χ4v) is 3.02. The minimum Gasteiger partial charge on any atom is -0.300 e. The zero-order chi connectivity index (χ0) is 10.8. The molecule has 0 aromatic rings. The summed E-state index contributed by atoms with van der Waals surface area (Å²) in [7, 11) is 0. The van der Waals surface area contributed by atoms with Crippen LogP contribution in [0, 0.1) is 17.3 Å². The molecular weight excluding hydrogens is 172 g/mol. The molecule has 0 radical (unpaired) electrons. The Kier molecular flexibility index (Phi) is 3.74. The third kappa shape index (κ3) is 2.83. The predicted molar refractivity (Wildman–Crippen MR) is 60.2 cm³/mol. The van der Waals surface area contributed by atoms with Crippen molar-refractivity contribution >= 4 is 5.78 Å². The molecule has 0 bridgehead atoms. The van der Waals surface area contributed by atoms with E-state index in [0.29, 0.717) is 11.2 Å². The van der Waals surface area contributed by atoms with Crippen molar-refractivity contribution in [1.82, 2.24) is 0 Å². The molecule has 1 unspecified atom stereocenters. The molecule has 1 rings (SSSR count). The number of hydrogen-bond acceptors (Lipinski definition) is 1. The molecular formula is C13H24O. The van der Waals surface area contributed by atoms with E-state index < -0.39 is 0 Å². The summed E-state index contributed by atoms with van der Waals surface area (Å²) in [6.45, 7) is 9.28. The molecule has 0 amide bonds. The average Bonchev–Trinajstić information content (AvgIpc) is 2.07. The van der Waals surface area contributed by atoms with Crippen molar-refractivity contribution < 1.29 is 4.79 Å². The van der Waals surface area contributed by atoms with Crippen molar-refractivity contribution in [1.29, 1.82) is 0 Å². The molecule has 1 atom stereocenters. The second-order valence-corrected chi connectivity index (χ2v) is 5.76. The lowest BCUT2D eigenvalue weighted by Gasteiger charge is -2.38. The van der Waals surface area contributed by atoms with Gasteiger partial charge in [0.15, 0.2) is 0 Å². The lowest BCUT2D eigenvalue weighted by molar-refractivity contribution is -0.121. The Balaban J connectivity index is 2.58. The van der Waals surface area contributed by atoms with Gasteiger partial charge in [-0.05, 0) is 30.1 Å². The van der Waals surface area contributed by atoms with Crippen molar-refractivity contribution in [2.75, 3.05) is 0 Å². The molecule has 0 saturated heterocycles. The molecule has 1 saturated carbocycles. The summed E-state index contributed by atoms with van der Waals surface area (Å²) in [5.41, 5.74) is 0.403. The second kappa shape index (κ2) is 4.46. The maximum absolute atomic E-state index is 11.2. The highest BCUT2D eigenvalue weighted by atomic mass is 16.1. The van der Waals surface area contributed by atoms with Crippen molar-refractivity contribution in [3.05, 3.63) is 0 Å². The first kappa shape index (κ1) is 11.7. The van der Waals surface area contributed by atoms with E-state index in [4.69, 9.17) is 0 Å². The van der Waals surface area contributed by atoms with Gasteiger partial charge < -0.3 is 0 Å². The normalized spacial score (nSPS) is 22.4. The number of hydrogen-bond donors (Lipinski definition) is 0. The summed E-state index contributed by atoms with van der Waals surface area (Å²) in [6.07, 6.45) is 5.18. The van der Waals surface area contributed by atoms with Crippen LogP contribution >= 0.6 is 0 Å². The molecule has 0 aromatic carbocycles. The summed E-state index contributed by atoms with van der Waals surface area (Å²) in [5, 5.41) is 0. The van der Waals surface area contributed by atoms with Gasteiger partial charge in [-0.3, -0.25) is 4.79 Å². The fraction of sp³-hybridized carbons (Fsp3) is 0.923. The highest BCUT2D eigenvalue weighted by molar-refractivity contribution is 5.79. The van der Waals surface area contributed by atoms with Crippen LogP contribution in [0.2, 0.25) is 0 Å². The van der Waals surface area contributed by atoms with E-state index in [0.717, 1.165) is 37.5 Å². The number of ketones is 1. The van der Waals surface area contributed by atoms with Gasteiger partial charge in [0.2, 0.25) is 0 Å². The molecule has 1 fully saturated rings. The van der Waals surface area contributed by atoms with E-state index in [9.17, 15) is 4.79 Å². The summed E-state index contributed by atoms with van der Waals surface area (Å²) < 4.78 is 0. The molecule has 1 aliphatic carbocycles. The van der Waals surface area contributed by atoms with Crippen molar-refractivity contribution in [2.45, 2.75) is 59.8 Å². The Hall–Kier alpha value is -0.330. The number of Topliss-reactive ketones (excluding diaryl/α,β-unsaturated/α-hetero) is 1. The quantitative estimate of drug-likeness (QED) is 0.656. The van der Waals surface area contributed by atoms with Crippen LogP contribution in [0.15, 0.2) is 0 Å². The monoisotopic (exact) mass is 196 g/mol. The van der Waals surface area contributed by atoms with E-state index >= 15 is 0 Å². The maximum Gasteiger partial charge on any atom is 0.132 e. The molecule has 0 aromatic heterocycles. The third-order valence-electron chi connectivity index (χ3n) is 3.71. The van der Waals surface area contributed by atoms with E-state index in [1.54, 1.807) is 0 Å². The van der Waals surface area contributed by atoms with Gasteiger partial charge in [-0.2, -0.15) is 0 Å². The highest BCUT2D eigenvalue weighted by Gasteiger charge is 2.32. The second-order valence-electron chi connectivity index (χ2n) is 5.76. The van der Waals surface area contributed by atoms with Crippen LogP contribution in [-0.2, 0) is 4.79 Å². The van der Waals surface area contributed by atoms with Gasteiger partial charge in [-0.25, -0.2) is 0 Å². The van der Waals surface area contributed by atoms with Crippen LogP contribution in [0.5, 0.6) is 0 Å². The van der Waals surface area contributed by atoms with Crippen LogP contribution in [0.1, 0.15) is 59.8 Å². The lowest BCUT2D eigenvalue weighted by Crippen LogP contribution is -2.30. The fourth-order valence-electron chi connectivity index (χ4n) is 3.02. The zero-order valence-electron chi connectivity index (χ0n) is 10.1. The minimum absolute atomic E-state index is 0.403. The summed E-state index contributed by atoms with van der Waals surface area (Å²) in [4.78, 5) is 11.2. The van der Waals surface area contributed by atoms with E-state index in [-0.39, 0.29) is 0 Å². The third-order valence-corrected chi connectivity index (χ3v) is 3.71. The van der Waals surface area contributed by atoms with Crippen LogP contribution in [0.4, 0.5) is 0 Å². The van der Waals surface area contributed by atoms with Crippen LogP contribution in [0.3, 0.4) is 0 Å². The molecule has 14 heavy (non-hydrogen) atoms. The molecule has 0 heterocycles. The number of rotatable bonds is 2. The van der Waals surface area contributed by atoms with E-state index in [1.807, 2.05) is 0 Å². The van der Waals surface area contributed by atoms with E-state index in [1.165, 1.54) is 6.42 Å². The Morgan fingerprint density at radius 1 is 1.29 bits per heavy atom. The van der Waals surface area contributed by atoms with Gasteiger partial charge in [-0.15, -0.1) is 0 Å². The van der Waals surface area contributed by atoms with Gasteiger partial charge in [-0.1, -0.05) is 34.1 Å². The Labute approximate surface area is 88.3 Å². The Morgan fingerprint density at radius 3 is 2.14 bits per heavy atom. The standard InChI is InChI=1S/C13H24O/c1-5-12(13(2,3)4)10-6-8-11(14)9-7-10/h10,12H,5-9H2,1-4H3. The first-order chi connectivity index (χ1) is 6.45. The van der Waals surface area contributed by atoms with Crippen LogP contribution in [0.25, 0.3) is 0 Å². The van der Waals surface area contributed by atoms with E-state index in [2.05, 4.69) is 27.7 Å². The molecule has 82 valence electrons. The molecule has 1 heteroatoms. The molecule has 1 aliphatic rings. The van der Waals surface area contributed by atoms with Crippen molar-refractivity contribution in [3.8, 4) is 0 Å². The van der Waals surface area contributed by atoms with Crippen molar-refractivity contribution in [3.63, 3.8) is 0 Å². The minimum atomic E-state index is 0.403.